The van der Waals surface area contributed by atoms with Crippen LogP contribution < -0.4 is 9.80 Å². The summed E-state index contributed by atoms with van der Waals surface area (Å²) in [6.45, 7) is 6.99. The summed E-state index contributed by atoms with van der Waals surface area (Å²) in [6.07, 6.45) is 0.816. The zero-order valence-corrected chi connectivity index (χ0v) is 16.7. The van der Waals surface area contributed by atoms with E-state index in [2.05, 4.69) is 21.8 Å². The molecule has 0 aliphatic carbocycles. The predicted molar refractivity (Wildman–Crippen MR) is 109 cm³/mol. The standard InChI is InChI=1S/C21H29N5O/c1-5-18(17-9-7-6-8-10-17)20(27)25-11-13-26(14-12-25)21-22-16(2)15-19(23-21)24(3)4/h6-10,15,18H,5,11-14H2,1-4H3. The first-order valence-corrected chi connectivity index (χ1v) is 9.61. The molecule has 0 bridgehead atoms. The van der Waals surface area contributed by atoms with E-state index in [-0.39, 0.29) is 11.8 Å². The van der Waals surface area contributed by atoms with E-state index in [1.54, 1.807) is 0 Å². The van der Waals surface area contributed by atoms with Crippen LogP contribution >= 0.6 is 0 Å². The Labute approximate surface area is 161 Å². The lowest BCUT2D eigenvalue weighted by molar-refractivity contribution is -0.133. The molecule has 2 aromatic rings. The summed E-state index contributed by atoms with van der Waals surface area (Å²) in [4.78, 5) is 28.4. The molecule has 0 N–H and O–H groups in total. The molecule has 1 unspecified atom stereocenters. The first kappa shape index (κ1) is 19.1. The van der Waals surface area contributed by atoms with Gasteiger partial charge in [-0.15, -0.1) is 0 Å². The topological polar surface area (TPSA) is 52.6 Å². The van der Waals surface area contributed by atoms with Gasteiger partial charge >= 0.3 is 0 Å². The highest BCUT2D eigenvalue weighted by Gasteiger charge is 2.28. The van der Waals surface area contributed by atoms with Crippen LogP contribution in [0.5, 0.6) is 0 Å². The van der Waals surface area contributed by atoms with Crippen molar-refractivity contribution >= 4 is 17.7 Å². The normalized spacial score (nSPS) is 15.6. The Morgan fingerprint density at radius 3 is 2.37 bits per heavy atom. The van der Waals surface area contributed by atoms with Crippen molar-refractivity contribution in [2.24, 2.45) is 0 Å². The van der Waals surface area contributed by atoms with Crippen molar-refractivity contribution in [2.75, 3.05) is 50.1 Å². The molecular formula is C21H29N5O. The molecule has 1 aliphatic heterocycles. The van der Waals surface area contributed by atoms with Gasteiger partial charge in [-0.3, -0.25) is 4.79 Å². The van der Waals surface area contributed by atoms with Crippen LogP contribution in [-0.2, 0) is 4.79 Å². The Kier molecular flexibility index (Phi) is 5.94. The van der Waals surface area contributed by atoms with E-state index in [9.17, 15) is 4.79 Å². The number of rotatable bonds is 5. The van der Waals surface area contributed by atoms with Gasteiger partial charge in [-0.05, 0) is 18.9 Å². The molecule has 1 aliphatic rings. The van der Waals surface area contributed by atoms with Crippen molar-refractivity contribution < 1.29 is 4.79 Å². The van der Waals surface area contributed by atoms with Crippen LogP contribution in [0.25, 0.3) is 0 Å². The van der Waals surface area contributed by atoms with Gasteiger partial charge in [0.2, 0.25) is 11.9 Å². The van der Waals surface area contributed by atoms with Crippen molar-refractivity contribution in [3.63, 3.8) is 0 Å². The van der Waals surface area contributed by atoms with Crippen molar-refractivity contribution in [1.29, 1.82) is 0 Å². The third-order valence-electron chi connectivity index (χ3n) is 5.07. The highest BCUT2D eigenvalue weighted by Crippen LogP contribution is 2.24. The second-order valence-electron chi connectivity index (χ2n) is 7.25. The number of aromatic nitrogens is 2. The Bertz CT molecular complexity index is 769. The van der Waals surface area contributed by atoms with Gasteiger partial charge in [0, 0.05) is 52.0 Å². The number of piperazine rings is 1. The third-order valence-corrected chi connectivity index (χ3v) is 5.07. The van der Waals surface area contributed by atoms with E-state index in [0.717, 1.165) is 42.5 Å². The lowest BCUT2D eigenvalue weighted by Gasteiger charge is -2.36. The van der Waals surface area contributed by atoms with Crippen LogP contribution in [0.15, 0.2) is 36.4 Å². The van der Waals surface area contributed by atoms with Crippen molar-refractivity contribution in [3.05, 3.63) is 47.7 Å². The summed E-state index contributed by atoms with van der Waals surface area (Å²) in [7, 11) is 3.97. The van der Waals surface area contributed by atoms with Gasteiger partial charge in [0.15, 0.2) is 0 Å². The molecule has 0 radical (unpaired) electrons. The van der Waals surface area contributed by atoms with Crippen LogP contribution in [-0.4, -0.2) is 61.0 Å². The van der Waals surface area contributed by atoms with E-state index < -0.39 is 0 Å². The monoisotopic (exact) mass is 367 g/mol. The second kappa shape index (κ2) is 8.37. The maximum absolute atomic E-state index is 13.0. The average Bonchev–Trinajstić information content (AvgIpc) is 2.69. The van der Waals surface area contributed by atoms with Gasteiger partial charge in [0.1, 0.15) is 5.82 Å². The molecular weight excluding hydrogens is 338 g/mol. The molecule has 144 valence electrons. The number of aryl methyl sites for hydroxylation is 1. The summed E-state index contributed by atoms with van der Waals surface area (Å²) in [5.74, 6) is 1.82. The molecule has 0 saturated carbocycles. The zero-order chi connectivity index (χ0) is 19.4. The first-order chi connectivity index (χ1) is 13.0. The fourth-order valence-electron chi connectivity index (χ4n) is 3.49. The highest BCUT2D eigenvalue weighted by molar-refractivity contribution is 5.84. The fourth-order valence-corrected chi connectivity index (χ4v) is 3.49. The minimum absolute atomic E-state index is 0.0617. The number of hydrogen-bond acceptors (Lipinski definition) is 5. The van der Waals surface area contributed by atoms with E-state index in [1.165, 1.54) is 0 Å². The smallest absolute Gasteiger partial charge is 0.230 e. The molecule has 1 saturated heterocycles. The van der Waals surface area contributed by atoms with Gasteiger partial charge in [0.25, 0.3) is 0 Å². The molecule has 1 amide bonds. The Balaban J connectivity index is 1.67. The summed E-state index contributed by atoms with van der Waals surface area (Å²) < 4.78 is 0. The van der Waals surface area contributed by atoms with Gasteiger partial charge in [-0.2, -0.15) is 4.98 Å². The maximum Gasteiger partial charge on any atom is 0.230 e. The molecule has 0 spiro atoms. The minimum Gasteiger partial charge on any atom is -0.363 e. The van der Waals surface area contributed by atoms with Gasteiger partial charge in [-0.25, -0.2) is 4.98 Å². The molecule has 1 atom stereocenters. The van der Waals surface area contributed by atoms with Crippen LogP contribution in [0.1, 0.15) is 30.5 Å². The van der Waals surface area contributed by atoms with E-state index in [1.807, 2.05) is 67.2 Å². The number of nitrogens with zero attached hydrogens (tertiary/aromatic N) is 5. The molecule has 6 heteroatoms. The minimum atomic E-state index is -0.0617. The van der Waals surface area contributed by atoms with Gasteiger partial charge in [0.05, 0.1) is 5.92 Å². The average molecular weight is 367 g/mol. The second-order valence-corrected chi connectivity index (χ2v) is 7.25. The molecule has 3 rings (SSSR count). The number of amides is 1. The van der Waals surface area contributed by atoms with Crippen LogP contribution in [0, 0.1) is 6.92 Å². The SMILES string of the molecule is CCC(C(=O)N1CCN(c2nc(C)cc(N(C)C)n2)CC1)c1ccccc1. The lowest BCUT2D eigenvalue weighted by atomic mass is 9.95. The number of carbonyl (C=O) groups excluding carboxylic acids is 1. The number of benzene rings is 1. The molecule has 27 heavy (non-hydrogen) atoms. The Morgan fingerprint density at radius 1 is 1.11 bits per heavy atom. The highest BCUT2D eigenvalue weighted by atomic mass is 16.2. The Hall–Kier alpha value is -2.63. The lowest BCUT2D eigenvalue weighted by Crippen LogP contribution is -2.50. The summed E-state index contributed by atoms with van der Waals surface area (Å²) in [5, 5.41) is 0. The summed E-state index contributed by atoms with van der Waals surface area (Å²) in [6, 6.07) is 12.1. The van der Waals surface area contributed by atoms with E-state index in [0.29, 0.717) is 13.1 Å². The van der Waals surface area contributed by atoms with Crippen molar-refractivity contribution in [1.82, 2.24) is 14.9 Å². The maximum atomic E-state index is 13.0. The van der Waals surface area contributed by atoms with Crippen LogP contribution in [0.4, 0.5) is 11.8 Å². The number of carbonyl (C=O) groups is 1. The molecule has 1 aromatic carbocycles. The fraction of sp³-hybridized carbons (Fsp3) is 0.476. The van der Waals surface area contributed by atoms with Crippen LogP contribution in [0.2, 0.25) is 0 Å². The summed E-state index contributed by atoms with van der Waals surface area (Å²) >= 11 is 0. The van der Waals surface area contributed by atoms with Crippen molar-refractivity contribution in [3.8, 4) is 0 Å². The van der Waals surface area contributed by atoms with Crippen molar-refractivity contribution in [2.45, 2.75) is 26.2 Å². The van der Waals surface area contributed by atoms with Crippen LogP contribution in [0.3, 0.4) is 0 Å². The third kappa shape index (κ3) is 4.38. The van der Waals surface area contributed by atoms with E-state index >= 15 is 0 Å². The first-order valence-electron chi connectivity index (χ1n) is 9.61. The Morgan fingerprint density at radius 2 is 1.78 bits per heavy atom. The molecule has 1 fully saturated rings. The molecule has 2 heterocycles. The van der Waals surface area contributed by atoms with E-state index in [4.69, 9.17) is 0 Å². The predicted octanol–water partition coefficient (Wildman–Crippen LogP) is 2.69. The number of hydrogen-bond donors (Lipinski definition) is 0. The quantitative estimate of drug-likeness (QED) is 0.813. The van der Waals surface area contributed by atoms with Gasteiger partial charge in [-0.1, -0.05) is 37.3 Å². The molecule has 1 aromatic heterocycles. The summed E-state index contributed by atoms with van der Waals surface area (Å²) in [5.41, 5.74) is 2.06. The largest absolute Gasteiger partial charge is 0.363 e. The van der Waals surface area contributed by atoms with Gasteiger partial charge < -0.3 is 14.7 Å². The molecule has 6 nitrogen and oxygen atoms in total. The zero-order valence-electron chi connectivity index (χ0n) is 16.7. The number of anilines is 2.